The number of hydrogen-bond donors (Lipinski definition) is 1. The maximum Gasteiger partial charge on any atom is 0.387 e. The smallest absolute Gasteiger partial charge is 0.387 e. The largest absolute Gasteiger partial charge is 0.435 e. The van der Waals surface area contributed by atoms with Crippen molar-refractivity contribution in [1.82, 2.24) is 0 Å². The van der Waals surface area contributed by atoms with Crippen molar-refractivity contribution in [2.45, 2.75) is 18.4 Å². The van der Waals surface area contributed by atoms with Crippen molar-refractivity contribution >= 4 is 21.4 Å². The molecule has 0 aromatic heterocycles. The van der Waals surface area contributed by atoms with Crippen molar-refractivity contribution in [3.63, 3.8) is 0 Å². The summed E-state index contributed by atoms with van der Waals surface area (Å²) in [5.74, 6) is -0.221. The topological polar surface area (TPSA) is 98.5 Å². The lowest BCUT2D eigenvalue weighted by Gasteiger charge is -2.11. The lowest BCUT2D eigenvalue weighted by molar-refractivity contribution is -0.385. The van der Waals surface area contributed by atoms with E-state index in [1.165, 1.54) is 43.3 Å². The van der Waals surface area contributed by atoms with Gasteiger partial charge in [0.1, 0.15) is 5.75 Å². The standard InChI is InChI=1S/C14H12F2N2O5S/c1-9-12(18(19)20)6-3-7-13(9)24(21,22)17-10-4-2-5-11(8-10)23-14(15)16/h2-8,14,17H,1H3. The van der Waals surface area contributed by atoms with Gasteiger partial charge in [-0.3, -0.25) is 14.8 Å². The molecule has 2 rings (SSSR count). The van der Waals surface area contributed by atoms with E-state index in [0.717, 1.165) is 6.07 Å². The van der Waals surface area contributed by atoms with Gasteiger partial charge in [0.05, 0.1) is 15.5 Å². The highest BCUT2D eigenvalue weighted by molar-refractivity contribution is 7.92. The molecule has 0 aliphatic carbocycles. The molecular weight excluding hydrogens is 346 g/mol. The average molecular weight is 358 g/mol. The van der Waals surface area contributed by atoms with E-state index in [1.807, 2.05) is 0 Å². The van der Waals surface area contributed by atoms with Crippen molar-refractivity contribution in [3.8, 4) is 5.75 Å². The monoisotopic (exact) mass is 358 g/mol. The predicted molar refractivity (Wildman–Crippen MR) is 81.7 cm³/mol. The highest BCUT2D eigenvalue weighted by atomic mass is 32.2. The SMILES string of the molecule is Cc1c([N+](=O)[O-])cccc1S(=O)(=O)Nc1cccc(OC(F)F)c1. The van der Waals surface area contributed by atoms with Gasteiger partial charge in [0.25, 0.3) is 15.7 Å². The third-order valence-corrected chi connectivity index (χ3v) is 4.58. The first kappa shape index (κ1) is 17.6. The Labute approximate surface area is 136 Å². The molecule has 1 N–H and O–H groups in total. The Kier molecular flexibility index (Phi) is 4.98. The normalized spacial score (nSPS) is 11.3. The van der Waals surface area contributed by atoms with E-state index in [9.17, 15) is 27.3 Å². The van der Waals surface area contributed by atoms with Gasteiger partial charge in [-0.25, -0.2) is 8.42 Å². The first-order valence-electron chi connectivity index (χ1n) is 6.52. The molecule has 0 saturated carbocycles. The molecule has 0 saturated heterocycles. The van der Waals surface area contributed by atoms with Crippen LogP contribution in [0.3, 0.4) is 0 Å². The van der Waals surface area contributed by atoms with Gasteiger partial charge in [0.2, 0.25) is 0 Å². The van der Waals surface area contributed by atoms with Gasteiger partial charge in [-0.2, -0.15) is 8.78 Å². The number of ether oxygens (including phenoxy) is 1. The average Bonchev–Trinajstić information content (AvgIpc) is 2.46. The van der Waals surface area contributed by atoms with Gasteiger partial charge in [0, 0.05) is 17.7 Å². The third-order valence-electron chi connectivity index (χ3n) is 3.05. The Morgan fingerprint density at radius 1 is 1.21 bits per heavy atom. The minimum Gasteiger partial charge on any atom is -0.435 e. The summed E-state index contributed by atoms with van der Waals surface area (Å²) in [4.78, 5) is 9.94. The fourth-order valence-corrected chi connectivity index (χ4v) is 3.35. The second-order valence-corrected chi connectivity index (χ2v) is 6.32. The second kappa shape index (κ2) is 6.79. The summed E-state index contributed by atoms with van der Waals surface area (Å²) in [5, 5.41) is 10.9. The number of anilines is 1. The number of benzene rings is 2. The first-order chi connectivity index (χ1) is 11.2. The Morgan fingerprint density at radius 3 is 2.50 bits per heavy atom. The van der Waals surface area contributed by atoms with Crippen LogP contribution in [-0.2, 0) is 10.0 Å². The van der Waals surface area contributed by atoms with Crippen molar-refractivity contribution < 1.29 is 26.9 Å². The quantitative estimate of drug-likeness (QED) is 0.631. The van der Waals surface area contributed by atoms with Gasteiger partial charge in [-0.15, -0.1) is 0 Å². The molecule has 2 aromatic rings. The lowest BCUT2D eigenvalue weighted by atomic mass is 10.2. The molecular formula is C14H12F2N2O5S. The van der Waals surface area contributed by atoms with Crippen molar-refractivity contribution in [2.24, 2.45) is 0 Å². The molecule has 0 spiro atoms. The van der Waals surface area contributed by atoms with Crippen LogP contribution in [-0.4, -0.2) is 20.0 Å². The molecule has 0 atom stereocenters. The summed E-state index contributed by atoms with van der Waals surface area (Å²) in [6, 6.07) is 8.63. The van der Waals surface area contributed by atoms with Crippen LogP contribution < -0.4 is 9.46 Å². The zero-order valence-electron chi connectivity index (χ0n) is 12.3. The number of alkyl halides is 2. The molecule has 10 heteroatoms. The summed E-state index contributed by atoms with van der Waals surface area (Å²) in [5.41, 5.74) is -0.387. The van der Waals surface area contributed by atoms with Gasteiger partial charge in [0.15, 0.2) is 0 Å². The summed E-state index contributed by atoms with van der Waals surface area (Å²) >= 11 is 0. The highest BCUT2D eigenvalue weighted by Gasteiger charge is 2.23. The number of hydrogen-bond acceptors (Lipinski definition) is 5. The van der Waals surface area contributed by atoms with E-state index in [1.54, 1.807) is 0 Å². The van der Waals surface area contributed by atoms with Crippen LogP contribution in [0.1, 0.15) is 5.56 Å². The van der Waals surface area contributed by atoms with Gasteiger partial charge in [-0.1, -0.05) is 12.1 Å². The van der Waals surface area contributed by atoms with Crippen molar-refractivity contribution in [1.29, 1.82) is 0 Å². The molecule has 0 radical (unpaired) electrons. The van der Waals surface area contributed by atoms with Crippen molar-refractivity contribution in [2.75, 3.05) is 4.72 Å². The van der Waals surface area contributed by atoms with Crippen LogP contribution in [0.5, 0.6) is 5.75 Å². The van der Waals surface area contributed by atoms with Crippen molar-refractivity contribution in [3.05, 3.63) is 58.1 Å². The highest BCUT2D eigenvalue weighted by Crippen LogP contribution is 2.27. The molecule has 2 aromatic carbocycles. The number of sulfonamides is 1. The zero-order valence-corrected chi connectivity index (χ0v) is 13.1. The zero-order chi connectivity index (χ0) is 17.9. The molecule has 0 unspecified atom stereocenters. The molecule has 0 heterocycles. The predicted octanol–water partition coefficient (Wildman–Crippen LogP) is 3.31. The van der Waals surface area contributed by atoms with Crippen LogP contribution in [0.4, 0.5) is 20.2 Å². The van der Waals surface area contributed by atoms with Gasteiger partial charge < -0.3 is 4.74 Å². The van der Waals surface area contributed by atoms with E-state index in [2.05, 4.69) is 9.46 Å². The second-order valence-electron chi connectivity index (χ2n) is 4.67. The molecule has 0 aliphatic heterocycles. The maximum absolute atomic E-state index is 12.4. The number of nitrogens with zero attached hydrogens (tertiary/aromatic N) is 1. The molecule has 24 heavy (non-hydrogen) atoms. The summed E-state index contributed by atoms with van der Waals surface area (Å²) in [7, 11) is -4.14. The van der Waals surface area contributed by atoms with E-state index in [4.69, 9.17) is 0 Å². The fraction of sp³-hybridized carbons (Fsp3) is 0.143. The van der Waals surface area contributed by atoms with E-state index in [0.29, 0.717) is 0 Å². The van der Waals surface area contributed by atoms with E-state index in [-0.39, 0.29) is 27.6 Å². The Morgan fingerprint density at radius 2 is 1.88 bits per heavy atom. The Hall–Kier alpha value is -2.75. The lowest BCUT2D eigenvalue weighted by Crippen LogP contribution is -2.15. The minimum absolute atomic E-state index is 0.0148. The molecule has 0 aliphatic rings. The fourth-order valence-electron chi connectivity index (χ4n) is 2.04. The number of nitro benzene ring substituents is 1. The van der Waals surface area contributed by atoms with Crippen LogP contribution in [0, 0.1) is 17.0 Å². The molecule has 7 nitrogen and oxygen atoms in total. The van der Waals surface area contributed by atoms with Gasteiger partial charge in [-0.05, 0) is 25.1 Å². The number of halogens is 2. The molecule has 0 amide bonds. The summed E-state index contributed by atoms with van der Waals surface area (Å²) in [6.07, 6.45) is 0. The van der Waals surface area contributed by atoms with E-state index < -0.39 is 21.6 Å². The van der Waals surface area contributed by atoms with Crippen LogP contribution >= 0.6 is 0 Å². The molecule has 128 valence electrons. The first-order valence-corrected chi connectivity index (χ1v) is 8.01. The van der Waals surface area contributed by atoms with Crippen LogP contribution in [0.2, 0.25) is 0 Å². The minimum atomic E-state index is -4.14. The number of rotatable bonds is 6. The third kappa shape index (κ3) is 3.96. The van der Waals surface area contributed by atoms with Gasteiger partial charge >= 0.3 is 6.61 Å². The number of nitro groups is 1. The number of nitrogens with one attached hydrogen (secondary N) is 1. The molecule has 0 fully saturated rings. The Bertz CT molecular complexity index is 871. The van der Waals surface area contributed by atoms with Crippen LogP contribution in [0.25, 0.3) is 0 Å². The van der Waals surface area contributed by atoms with E-state index >= 15 is 0 Å². The summed E-state index contributed by atoms with van der Waals surface area (Å²) < 4.78 is 55.6. The van der Waals surface area contributed by atoms with Crippen LogP contribution in [0.15, 0.2) is 47.4 Å². The Balaban J connectivity index is 2.36. The maximum atomic E-state index is 12.4. The molecule has 0 bridgehead atoms. The summed E-state index contributed by atoms with van der Waals surface area (Å²) in [6.45, 7) is -1.74.